The van der Waals surface area contributed by atoms with Crippen LogP contribution in [0, 0.1) is 0 Å². The average Bonchev–Trinajstić information content (AvgIpc) is 3.02. The number of aromatic nitrogens is 2. The van der Waals surface area contributed by atoms with E-state index in [4.69, 9.17) is 0 Å². The summed E-state index contributed by atoms with van der Waals surface area (Å²) in [7, 11) is 0. The summed E-state index contributed by atoms with van der Waals surface area (Å²) in [6, 6.07) is 8.07. The topological polar surface area (TPSA) is 46.9 Å². The molecule has 2 heterocycles. The molecule has 0 fully saturated rings. The average molecular weight is 285 g/mol. The minimum atomic E-state index is -0.502. The van der Waals surface area contributed by atoms with Crippen LogP contribution in [0.5, 0.6) is 0 Å². The molecule has 1 aliphatic heterocycles. The quantitative estimate of drug-likeness (QED) is 0.858. The number of nitrogens with zero attached hydrogens (tertiary/aromatic N) is 2. The van der Waals surface area contributed by atoms with E-state index in [1.54, 1.807) is 0 Å². The fourth-order valence-electron chi connectivity index (χ4n) is 3.24. The minimum Gasteiger partial charge on any atom is -0.354 e. The summed E-state index contributed by atoms with van der Waals surface area (Å²) in [6.07, 6.45) is 5.09. The number of hydrogen-bond acceptors (Lipinski definition) is 2. The number of para-hydroxylation sites is 2. The standard InChI is InChI=1S/C17H23N3O/c1-3-4-7-12-18-16(21)17(2)11-10-15-19-13-8-5-6-9-14(13)20(15)17/h5-6,8-9H,3-4,7,10-12H2,1-2H3,(H,18,21). The molecule has 3 rings (SSSR count). The first-order valence-corrected chi connectivity index (χ1v) is 7.92. The molecular weight excluding hydrogens is 262 g/mol. The van der Waals surface area contributed by atoms with Gasteiger partial charge in [-0.05, 0) is 31.9 Å². The molecule has 0 aliphatic carbocycles. The van der Waals surface area contributed by atoms with Crippen LogP contribution in [0.3, 0.4) is 0 Å². The molecule has 1 unspecified atom stereocenters. The van der Waals surface area contributed by atoms with Gasteiger partial charge in [-0.3, -0.25) is 4.79 Å². The molecular formula is C17H23N3O. The molecule has 1 aromatic heterocycles. The molecule has 1 N–H and O–H groups in total. The van der Waals surface area contributed by atoms with Crippen LogP contribution in [0.25, 0.3) is 11.0 Å². The van der Waals surface area contributed by atoms with Crippen molar-refractivity contribution in [3.8, 4) is 0 Å². The number of unbranched alkanes of at least 4 members (excludes halogenated alkanes) is 2. The van der Waals surface area contributed by atoms with Gasteiger partial charge in [0.25, 0.3) is 0 Å². The largest absolute Gasteiger partial charge is 0.354 e. The number of imidazole rings is 1. The Morgan fingerprint density at radius 2 is 2.19 bits per heavy atom. The Hall–Kier alpha value is -1.84. The van der Waals surface area contributed by atoms with Gasteiger partial charge in [0.1, 0.15) is 11.4 Å². The number of aryl methyl sites for hydroxylation is 1. The molecule has 112 valence electrons. The van der Waals surface area contributed by atoms with Crippen LogP contribution >= 0.6 is 0 Å². The number of benzene rings is 1. The van der Waals surface area contributed by atoms with Gasteiger partial charge in [-0.1, -0.05) is 31.9 Å². The van der Waals surface area contributed by atoms with Gasteiger partial charge >= 0.3 is 0 Å². The van der Waals surface area contributed by atoms with Crippen molar-refractivity contribution in [2.75, 3.05) is 6.54 Å². The first kappa shape index (κ1) is 14.1. The van der Waals surface area contributed by atoms with E-state index in [9.17, 15) is 4.79 Å². The van der Waals surface area contributed by atoms with Crippen LogP contribution in [-0.2, 0) is 16.8 Å². The Labute approximate surface area is 125 Å². The van der Waals surface area contributed by atoms with E-state index in [1.165, 1.54) is 6.42 Å². The van der Waals surface area contributed by atoms with Crippen molar-refractivity contribution in [2.24, 2.45) is 0 Å². The van der Waals surface area contributed by atoms with E-state index in [0.717, 1.165) is 49.1 Å². The monoisotopic (exact) mass is 285 g/mol. The summed E-state index contributed by atoms with van der Waals surface area (Å²) in [6.45, 7) is 4.97. The van der Waals surface area contributed by atoms with Gasteiger partial charge in [-0.25, -0.2) is 4.98 Å². The molecule has 21 heavy (non-hydrogen) atoms. The van der Waals surface area contributed by atoms with E-state index >= 15 is 0 Å². The first-order valence-electron chi connectivity index (χ1n) is 7.92. The third-order valence-corrected chi connectivity index (χ3v) is 4.51. The van der Waals surface area contributed by atoms with E-state index in [0.29, 0.717) is 0 Å². The van der Waals surface area contributed by atoms with Gasteiger partial charge in [-0.2, -0.15) is 0 Å². The molecule has 1 atom stereocenters. The second kappa shape index (κ2) is 5.51. The van der Waals surface area contributed by atoms with E-state index in [1.807, 2.05) is 25.1 Å². The summed E-state index contributed by atoms with van der Waals surface area (Å²) < 4.78 is 2.14. The molecule has 0 spiro atoms. The highest BCUT2D eigenvalue weighted by molar-refractivity contribution is 5.88. The lowest BCUT2D eigenvalue weighted by Crippen LogP contribution is -2.44. The third-order valence-electron chi connectivity index (χ3n) is 4.51. The lowest BCUT2D eigenvalue weighted by molar-refractivity contribution is -0.128. The molecule has 0 bridgehead atoms. The minimum absolute atomic E-state index is 0.125. The van der Waals surface area contributed by atoms with E-state index in [2.05, 4.69) is 27.9 Å². The van der Waals surface area contributed by atoms with Crippen LogP contribution < -0.4 is 5.32 Å². The molecule has 1 aliphatic rings. The van der Waals surface area contributed by atoms with Gasteiger partial charge in [0.05, 0.1) is 11.0 Å². The Morgan fingerprint density at radius 3 is 3.00 bits per heavy atom. The van der Waals surface area contributed by atoms with E-state index in [-0.39, 0.29) is 5.91 Å². The van der Waals surface area contributed by atoms with Gasteiger partial charge in [-0.15, -0.1) is 0 Å². The third kappa shape index (κ3) is 2.33. The zero-order chi connectivity index (χ0) is 14.9. The van der Waals surface area contributed by atoms with Crippen molar-refractivity contribution in [3.05, 3.63) is 30.1 Å². The highest BCUT2D eigenvalue weighted by Crippen LogP contribution is 2.35. The van der Waals surface area contributed by atoms with Gasteiger partial charge < -0.3 is 9.88 Å². The molecule has 4 nitrogen and oxygen atoms in total. The molecule has 1 aromatic carbocycles. The number of carbonyl (C=O) groups is 1. The van der Waals surface area contributed by atoms with Crippen LogP contribution in [-0.4, -0.2) is 22.0 Å². The first-order chi connectivity index (χ1) is 10.2. The summed E-state index contributed by atoms with van der Waals surface area (Å²) in [5.74, 6) is 1.16. The summed E-state index contributed by atoms with van der Waals surface area (Å²) in [4.78, 5) is 17.3. The fourth-order valence-corrected chi connectivity index (χ4v) is 3.24. The maximum absolute atomic E-state index is 12.7. The van der Waals surface area contributed by atoms with E-state index < -0.39 is 5.54 Å². The lowest BCUT2D eigenvalue weighted by atomic mass is 9.97. The molecule has 1 amide bonds. The highest BCUT2D eigenvalue weighted by atomic mass is 16.2. The smallest absolute Gasteiger partial charge is 0.246 e. The zero-order valence-electron chi connectivity index (χ0n) is 12.9. The predicted octanol–water partition coefficient (Wildman–Crippen LogP) is 3.00. The number of nitrogens with one attached hydrogen (secondary N) is 1. The van der Waals surface area contributed by atoms with Gasteiger partial charge in [0.2, 0.25) is 5.91 Å². The SMILES string of the molecule is CCCCCNC(=O)C1(C)CCc2nc3ccccc3n21. The van der Waals surface area contributed by atoms with Crippen molar-refractivity contribution >= 4 is 16.9 Å². The van der Waals surface area contributed by atoms with Crippen LogP contribution in [0.1, 0.15) is 45.4 Å². The van der Waals surface area contributed by atoms with Crippen LogP contribution in [0.4, 0.5) is 0 Å². The van der Waals surface area contributed by atoms with Crippen molar-refractivity contribution in [1.29, 1.82) is 0 Å². The van der Waals surface area contributed by atoms with Crippen molar-refractivity contribution in [3.63, 3.8) is 0 Å². The maximum Gasteiger partial charge on any atom is 0.246 e. The fraction of sp³-hybridized carbons (Fsp3) is 0.529. The van der Waals surface area contributed by atoms with Crippen LogP contribution in [0.2, 0.25) is 0 Å². The molecule has 0 saturated heterocycles. The molecule has 0 radical (unpaired) electrons. The maximum atomic E-state index is 12.7. The van der Waals surface area contributed by atoms with Gasteiger partial charge in [0, 0.05) is 13.0 Å². The molecule has 4 heteroatoms. The predicted molar refractivity (Wildman–Crippen MR) is 84.2 cm³/mol. The Kier molecular flexibility index (Phi) is 3.70. The number of amides is 1. The summed E-state index contributed by atoms with van der Waals surface area (Å²) in [5, 5.41) is 3.11. The Morgan fingerprint density at radius 1 is 1.38 bits per heavy atom. The summed E-state index contributed by atoms with van der Waals surface area (Å²) >= 11 is 0. The van der Waals surface area contributed by atoms with Crippen molar-refractivity contribution < 1.29 is 4.79 Å². The van der Waals surface area contributed by atoms with Crippen LogP contribution in [0.15, 0.2) is 24.3 Å². The normalized spacial score (nSPS) is 20.7. The van der Waals surface area contributed by atoms with Gasteiger partial charge in [0.15, 0.2) is 0 Å². The highest BCUT2D eigenvalue weighted by Gasteiger charge is 2.42. The lowest BCUT2D eigenvalue weighted by Gasteiger charge is -2.26. The zero-order valence-corrected chi connectivity index (χ0v) is 12.9. The number of hydrogen-bond donors (Lipinski definition) is 1. The van der Waals surface area contributed by atoms with Crippen molar-refractivity contribution in [1.82, 2.24) is 14.9 Å². The summed E-state index contributed by atoms with van der Waals surface area (Å²) in [5.41, 5.74) is 1.55. The number of fused-ring (bicyclic) bond motifs is 3. The second-order valence-corrected chi connectivity index (χ2v) is 6.09. The number of carbonyl (C=O) groups excluding carboxylic acids is 1. The molecule has 2 aromatic rings. The second-order valence-electron chi connectivity index (χ2n) is 6.09. The Balaban J connectivity index is 1.86. The van der Waals surface area contributed by atoms with Crippen molar-refractivity contribution in [2.45, 2.75) is 51.5 Å². The number of rotatable bonds is 5. The Bertz CT molecular complexity index is 661. The molecule has 0 saturated carbocycles.